The summed E-state index contributed by atoms with van der Waals surface area (Å²) in [5.41, 5.74) is 3.80. The molecule has 0 saturated heterocycles. The molecule has 2 rings (SSSR count). The van der Waals surface area contributed by atoms with Crippen LogP contribution in [0.1, 0.15) is 28.4 Å². The molecule has 0 aliphatic rings. The van der Waals surface area contributed by atoms with Gasteiger partial charge in [0, 0.05) is 18.3 Å². The Labute approximate surface area is 118 Å². The van der Waals surface area contributed by atoms with E-state index in [0.717, 1.165) is 16.8 Å². The fourth-order valence-corrected chi connectivity index (χ4v) is 2.41. The summed E-state index contributed by atoms with van der Waals surface area (Å²) >= 11 is 0. The maximum Gasteiger partial charge on any atom is 0.162 e. The Morgan fingerprint density at radius 2 is 1.70 bits per heavy atom. The van der Waals surface area contributed by atoms with Gasteiger partial charge >= 0.3 is 0 Å². The summed E-state index contributed by atoms with van der Waals surface area (Å²) in [7, 11) is 1.78. The number of ketones is 1. The molecule has 0 unspecified atom stereocenters. The lowest BCUT2D eigenvalue weighted by Gasteiger charge is -2.23. The molecule has 0 aliphatic carbocycles. The van der Waals surface area contributed by atoms with E-state index in [1.807, 2.05) is 26.0 Å². The highest BCUT2D eigenvalue weighted by Crippen LogP contribution is 2.31. The Balaban J connectivity index is 2.58. The molecule has 0 N–H and O–H groups in total. The summed E-state index contributed by atoms with van der Waals surface area (Å²) in [6.45, 7) is 5.45. The van der Waals surface area contributed by atoms with Gasteiger partial charge in [0.25, 0.3) is 0 Å². The molecule has 104 valence electrons. The average molecular weight is 271 g/mol. The molecule has 0 bridgehead atoms. The summed E-state index contributed by atoms with van der Waals surface area (Å²) in [4.78, 5) is 13.4. The smallest absolute Gasteiger partial charge is 0.162 e. The first kappa shape index (κ1) is 14.3. The Hall–Kier alpha value is -2.16. The highest BCUT2D eigenvalue weighted by molar-refractivity contribution is 6.00. The zero-order chi connectivity index (χ0) is 14.9. The van der Waals surface area contributed by atoms with E-state index in [-0.39, 0.29) is 11.6 Å². The van der Waals surface area contributed by atoms with E-state index in [1.165, 1.54) is 13.0 Å². The highest BCUT2D eigenvalue weighted by Gasteiger charge is 2.17. The minimum atomic E-state index is -0.389. The number of anilines is 2. The quantitative estimate of drug-likeness (QED) is 0.770. The summed E-state index contributed by atoms with van der Waals surface area (Å²) < 4.78 is 14.2. The van der Waals surface area contributed by atoms with Crippen LogP contribution in [0.2, 0.25) is 0 Å². The van der Waals surface area contributed by atoms with Crippen molar-refractivity contribution >= 4 is 17.2 Å². The van der Waals surface area contributed by atoms with Gasteiger partial charge in [-0.15, -0.1) is 0 Å². The van der Waals surface area contributed by atoms with E-state index in [0.29, 0.717) is 11.3 Å². The first-order valence-corrected chi connectivity index (χ1v) is 6.51. The van der Waals surface area contributed by atoms with Gasteiger partial charge in [0.15, 0.2) is 5.78 Å². The van der Waals surface area contributed by atoms with Crippen LogP contribution in [0.4, 0.5) is 15.8 Å². The Kier molecular flexibility index (Phi) is 3.89. The molecule has 0 heterocycles. The lowest BCUT2D eigenvalue weighted by molar-refractivity contribution is 0.101. The van der Waals surface area contributed by atoms with Crippen molar-refractivity contribution in [2.75, 3.05) is 11.9 Å². The van der Waals surface area contributed by atoms with Crippen molar-refractivity contribution in [3.05, 3.63) is 58.9 Å². The standard InChI is InChI=1S/C17H18FNO/c1-11-8-12(2)10-14(9-11)19(4)17-15(13(3)20)6-5-7-16(17)18/h5-10H,1-4H3. The molecule has 2 aromatic carbocycles. The third-order valence-corrected chi connectivity index (χ3v) is 3.30. The fraction of sp³-hybridized carbons (Fsp3) is 0.235. The van der Waals surface area contributed by atoms with Gasteiger partial charge in [-0.1, -0.05) is 12.1 Å². The predicted molar refractivity (Wildman–Crippen MR) is 80.4 cm³/mol. The third-order valence-electron chi connectivity index (χ3n) is 3.30. The number of rotatable bonds is 3. The Bertz CT molecular complexity index is 644. The molecular weight excluding hydrogens is 253 g/mol. The van der Waals surface area contributed by atoms with Gasteiger partial charge in [-0.3, -0.25) is 4.79 Å². The van der Waals surface area contributed by atoms with Crippen molar-refractivity contribution in [2.24, 2.45) is 0 Å². The average Bonchev–Trinajstić information content (AvgIpc) is 2.36. The second kappa shape index (κ2) is 5.45. The van der Waals surface area contributed by atoms with Crippen molar-refractivity contribution in [3.63, 3.8) is 0 Å². The number of para-hydroxylation sites is 1. The van der Waals surface area contributed by atoms with Crippen LogP contribution in [0, 0.1) is 19.7 Å². The van der Waals surface area contributed by atoms with Crippen LogP contribution in [0.25, 0.3) is 0 Å². The molecule has 0 atom stereocenters. The van der Waals surface area contributed by atoms with Crippen molar-refractivity contribution in [1.82, 2.24) is 0 Å². The van der Waals surface area contributed by atoms with E-state index in [9.17, 15) is 9.18 Å². The number of aryl methyl sites for hydroxylation is 2. The molecule has 20 heavy (non-hydrogen) atoms. The predicted octanol–water partition coefficient (Wildman–Crippen LogP) is 4.41. The van der Waals surface area contributed by atoms with Crippen LogP contribution in [0.15, 0.2) is 36.4 Å². The Morgan fingerprint density at radius 3 is 2.25 bits per heavy atom. The van der Waals surface area contributed by atoms with Crippen LogP contribution < -0.4 is 4.90 Å². The molecule has 0 amide bonds. The van der Waals surface area contributed by atoms with Crippen LogP contribution in [0.3, 0.4) is 0 Å². The van der Waals surface area contributed by atoms with Crippen molar-refractivity contribution in [1.29, 1.82) is 0 Å². The molecule has 0 radical (unpaired) electrons. The van der Waals surface area contributed by atoms with Gasteiger partial charge in [0.1, 0.15) is 5.82 Å². The minimum Gasteiger partial charge on any atom is -0.342 e. The number of carbonyl (C=O) groups excluding carboxylic acids is 1. The normalized spacial score (nSPS) is 10.4. The van der Waals surface area contributed by atoms with Crippen LogP contribution in [-0.2, 0) is 0 Å². The SMILES string of the molecule is CC(=O)c1cccc(F)c1N(C)c1cc(C)cc(C)c1. The van der Waals surface area contributed by atoms with E-state index in [2.05, 4.69) is 6.07 Å². The second-order valence-electron chi connectivity index (χ2n) is 5.10. The molecule has 0 aliphatic heterocycles. The molecule has 2 nitrogen and oxygen atoms in total. The summed E-state index contributed by atoms with van der Waals surface area (Å²) in [6.07, 6.45) is 0. The van der Waals surface area contributed by atoms with Gasteiger partial charge in [0.05, 0.1) is 5.69 Å². The van der Waals surface area contributed by atoms with Crippen molar-refractivity contribution in [2.45, 2.75) is 20.8 Å². The van der Waals surface area contributed by atoms with Gasteiger partial charge in [-0.25, -0.2) is 4.39 Å². The second-order valence-corrected chi connectivity index (χ2v) is 5.10. The molecule has 0 fully saturated rings. The largest absolute Gasteiger partial charge is 0.342 e. The minimum absolute atomic E-state index is 0.143. The molecule has 2 aromatic rings. The number of nitrogens with zero attached hydrogens (tertiary/aromatic N) is 1. The van der Waals surface area contributed by atoms with E-state index in [1.54, 1.807) is 24.1 Å². The maximum atomic E-state index is 14.2. The molecule has 0 aromatic heterocycles. The van der Waals surface area contributed by atoms with E-state index >= 15 is 0 Å². The number of hydrogen-bond acceptors (Lipinski definition) is 2. The van der Waals surface area contributed by atoms with Gasteiger partial charge in [-0.05, 0) is 56.2 Å². The van der Waals surface area contributed by atoms with Gasteiger partial charge in [-0.2, -0.15) is 0 Å². The maximum absolute atomic E-state index is 14.2. The number of hydrogen-bond donors (Lipinski definition) is 0. The van der Waals surface area contributed by atoms with Crippen molar-refractivity contribution in [3.8, 4) is 0 Å². The lowest BCUT2D eigenvalue weighted by Crippen LogP contribution is -2.15. The third kappa shape index (κ3) is 2.72. The van der Waals surface area contributed by atoms with Gasteiger partial charge in [0.2, 0.25) is 0 Å². The molecular formula is C17H18FNO. The number of carbonyl (C=O) groups is 1. The van der Waals surface area contributed by atoms with Crippen LogP contribution in [0.5, 0.6) is 0 Å². The number of benzene rings is 2. The molecule has 0 saturated carbocycles. The zero-order valence-corrected chi connectivity index (χ0v) is 12.2. The summed E-state index contributed by atoms with van der Waals surface area (Å²) in [5.74, 6) is -0.532. The fourth-order valence-electron chi connectivity index (χ4n) is 2.41. The molecule has 3 heteroatoms. The number of halogens is 1. The Morgan fingerprint density at radius 1 is 1.10 bits per heavy atom. The van der Waals surface area contributed by atoms with E-state index < -0.39 is 0 Å². The van der Waals surface area contributed by atoms with E-state index in [4.69, 9.17) is 0 Å². The molecule has 0 spiro atoms. The highest BCUT2D eigenvalue weighted by atomic mass is 19.1. The van der Waals surface area contributed by atoms with Crippen LogP contribution >= 0.6 is 0 Å². The lowest BCUT2D eigenvalue weighted by atomic mass is 10.1. The first-order chi connectivity index (χ1) is 9.40. The monoisotopic (exact) mass is 271 g/mol. The van der Waals surface area contributed by atoms with Gasteiger partial charge < -0.3 is 4.90 Å². The summed E-state index contributed by atoms with van der Waals surface area (Å²) in [6, 6.07) is 10.6. The topological polar surface area (TPSA) is 20.3 Å². The summed E-state index contributed by atoms with van der Waals surface area (Å²) in [5, 5.41) is 0. The first-order valence-electron chi connectivity index (χ1n) is 6.51. The number of Topliss-reactive ketones (excluding diaryl/α,β-unsaturated/α-hetero) is 1. The van der Waals surface area contributed by atoms with Crippen LogP contribution in [-0.4, -0.2) is 12.8 Å². The zero-order valence-electron chi connectivity index (χ0n) is 12.2. The van der Waals surface area contributed by atoms with Crippen molar-refractivity contribution < 1.29 is 9.18 Å².